The third-order valence-corrected chi connectivity index (χ3v) is 5.53. The smallest absolute Gasteiger partial charge is 0.243 e. The molecule has 1 unspecified atom stereocenters. The largest absolute Gasteiger partial charge is 0.457 e. The number of fused-ring (bicyclic) bond motifs is 1. The van der Waals surface area contributed by atoms with Crippen LogP contribution in [-0.4, -0.2) is 37.9 Å². The van der Waals surface area contributed by atoms with Gasteiger partial charge in [-0.3, -0.25) is 4.79 Å². The molecule has 8 nitrogen and oxygen atoms in total. The Bertz CT molecular complexity index is 1440. The zero-order valence-electron chi connectivity index (χ0n) is 19.1. The summed E-state index contributed by atoms with van der Waals surface area (Å²) in [6, 6.07) is 25.3. The summed E-state index contributed by atoms with van der Waals surface area (Å²) in [5.41, 5.74) is 3.47. The second-order valence-corrected chi connectivity index (χ2v) is 7.99. The van der Waals surface area contributed by atoms with Crippen LogP contribution in [0.3, 0.4) is 0 Å². The predicted molar refractivity (Wildman–Crippen MR) is 134 cm³/mol. The molecule has 0 aliphatic rings. The third-order valence-electron chi connectivity index (χ3n) is 5.53. The van der Waals surface area contributed by atoms with Crippen molar-refractivity contribution >= 4 is 23.0 Å². The second-order valence-electron chi connectivity index (χ2n) is 7.99. The normalized spacial score (nSPS) is 12.1. The highest BCUT2D eigenvalue weighted by Gasteiger charge is 2.21. The Labute approximate surface area is 202 Å². The first kappa shape index (κ1) is 22.1. The number of hydrogen-bond donors (Lipinski definition) is 2. The maximum Gasteiger partial charge on any atom is 0.243 e. The van der Waals surface area contributed by atoms with Crippen LogP contribution in [0.25, 0.3) is 17.1 Å². The Balaban J connectivity index is 1.46. The van der Waals surface area contributed by atoms with Crippen molar-refractivity contribution in [1.82, 2.24) is 30.3 Å². The van der Waals surface area contributed by atoms with Gasteiger partial charge < -0.3 is 15.0 Å². The number of amides is 1. The molecule has 3 aromatic carbocycles. The molecule has 0 aliphatic carbocycles. The minimum atomic E-state index is -0.246. The van der Waals surface area contributed by atoms with E-state index >= 15 is 0 Å². The van der Waals surface area contributed by atoms with Crippen LogP contribution in [0.1, 0.15) is 23.1 Å². The van der Waals surface area contributed by atoms with Crippen LogP contribution in [0.4, 0.5) is 0 Å². The fourth-order valence-corrected chi connectivity index (χ4v) is 3.79. The van der Waals surface area contributed by atoms with Gasteiger partial charge in [0.2, 0.25) is 5.91 Å². The van der Waals surface area contributed by atoms with Crippen LogP contribution in [-0.2, 0) is 11.2 Å². The van der Waals surface area contributed by atoms with Crippen molar-refractivity contribution in [2.24, 2.45) is 0 Å². The Morgan fingerprint density at radius 1 is 1.06 bits per heavy atom. The molecule has 0 radical (unpaired) electrons. The van der Waals surface area contributed by atoms with Gasteiger partial charge in [0.15, 0.2) is 0 Å². The van der Waals surface area contributed by atoms with E-state index < -0.39 is 0 Å². The zero-order chi connectivity index (χ0) is 24.0. The molecule has 0 bridgehead atoms. The van der Waals surface area contributed by atoms with Crippen molar-refractivity contribution in [2.45, 2.75) is 12.5 Å². The van der Waals surface area contributed by atoms with Crippen LogP contribution in [0, 0.1) is 0 Å². The zero-order valence-corrected chi connectivity index (χ0v) is 19.1. The predicted octanol–water partition coefficient (Wildman–Crippen LogP) is 4.54. The van der Waals surface area contributed by atoms with E-state index in [9.17, 15) is 4.79 Å². The first-order valence-electron chi connectivity index (χ1n) is 11.3. The number of likely N-dealkylation sites (N-methyl/N-ethyl adjacent to an activating group) is 1. The van der Waals surface area contributed by atoms with Crippen LogP contribution >= 0.6 is 0 Å². The van der Waals surface area contributed by atoms with Crippen LogP contribution in [0.5, 0.6) is 11.5 Å². The molecular weight excluding hydrogens is 440 g/mol. The molecule has 0 spiro atoms. The van der Waals surface area contributed by atoms with E-state index in [-0.39, 0.29) is 11.9 Å². The van der Waals surface area contributed by atoms with E-state index in [4.69, 9.17) is 9.72 Å². The summed E-state index contributed by atoms with van der Waals surface area (Å²) < 4.78 is 7.79. The van der Waals surface area contributed by atoms with Gasteiger partial charge in [0.1, 0.15) is 29.1 Å². The van der Waals surface area contributed by atoms with Gasteiger partial charge in [-0.25, -0.2) is 9.67 Å². The lowest BCUT2D eigenvalue weighted by atomic mass is 10.1. The van der Waals surface area contributed by atoms with Crippen LogP contribution in [0.15, 0.2) is 91.1 Å². The average molecular weight is 465 g/mol. The topological polar surface area (TPSA) is 97.7 Å². The number of ether oxygens (including phenoxy) is 1. The maximum atomic E-state index is 11.6. The summed E-state index contributed by atoms with van der Waals surface area (Å²) in [5, 5.41) is 11.1. The number of rotatable bonds is 8. The molecule has 0 saturated carbocycles. The highest BCUT2D eigenvalue weighted by molar-refractivity contribution is 5.91. The molecule has 5 aromatic rings. The monoisotopic (exact) mass is 464 g/mol. The fourth-order valence-electron chi connectivity index (χ4n) is 3.79. The molecule has 2 N–H and O–H groups in total. The van der Waals surface area contributed by atoms with E-state index in [1.54, 1.807) is 17.8 Å². The highest BCUT2D eigenvalue weighted by Crippen LogP contribution is 2.27. The summed E-state index contributed by atoms with van der Waals surface area (Å²) in [5.74, 6) is 2.10. The molecule has 2 aromatic heterocycles. The summed E-state index contributed by atoms with van der Waals surface area (Å²) in [6.07, 6.45) is 5.47. The summed E-state index contributed by atoms with van der Waals surface area (Å²) in [7, 11) is 1.58. The van der Waals surface area contributed by atoms with Crippen molar-refractivity contribution in [3.05, 3.63) is 108 Å². The molecule has 0 saturated heterocycles. The van der Waals surface area contributed by atoms with Crippen molar-refractivity contribution in [2.75, 3.05) is 7.05 Å². The number of nitrogens with zero attached hydrogens (tertiary/aromatic N) is 4. The summed E-state index contributed by atoms with van der Waals surface area (Å²) >= 11 is 0. The molecule has 174 valence electrons. The van der Waals surface area contributed by atoms with Gasteiger partial charge in [0.05, 0.1) is 17.2 Å². The number of carbonyl (C=O) groups is 1. The van der Waals surface area contributed by atoms with Gasteiger partial charge in [0, 0.05) is 19.5 Å². The Morgan fingerprint density at radius 2 is 1.86 bits per heavy atom. The van der Waals surface area contributed by atoms with E-state index in [1.165, 1.54) is 6.08 Å². The lowest BCUT2D eigenvalue weighted by molar-refractivity contribution is -0.115. The van der Waals surface area contributed by atoms with Crippen molar-refractivity contribution in [3.8, 4) is 11.5 Å². The van der Waals surface area contributed by atoms with Gasteiger partial charge in [-0.1, -0.05) is 47.7 Å². The molecule has 8 heteroatoms. The molecule has 1 amide bonds. The first-order chi connectivity index (χ1) is 17.2. The minimum Gasteiger partial charge on any atom is -0.457 e. The van der Waals surface area contributed by atoms with Crippen molar-refractivity contribution < 1.29 is 9.53 Å². The van der Waals surface area contributed by atoms with Gasteiger partial charge in [0.25, 0.3) is 0 Å². The number of carbonyl (C=O) groups excluding carboxylic acids is 1. The lowest BCUT2D eigenvalue weighted by Gasteiger charge is -2.15. The number of aromatic amines is 1. The van der Waals surface area contributed by atoms with Crippen molar-refractivity contribution in [1.29, 1.82) is 0 Å². The number of imidazole rings is 1. The van der Waals surface area contributed by atoms with Gasteiger partial charge in [-0.05, 0) is 48.0 Å². The molecular formula is C27H24N6O2. The molecule has 5 rings (SSSR count). The quantitative estimate of drug-likeness (QED) is 0.329. The summed E-state index contributed by atoms with van der Waals surface area (Å²) in [6.45, 7) is 0. The molecule has 2 heterocycles. The Kier molecular flexibility index (Phi) is 6.34. The van der Waals surface area contributed by atoms with E-state index in [1.807, 2.05) is 79.0 Å². The number of aromatic nitrogens is 5. The van der Waals surface area contributed by atoms with Gasteiger partial charge in [-0.15, -0.1) is 5.10 Å². The standard InChI is InChI=1S/C27H24N6O2/c1-28-26(34)15-14-20-18-33(32-31-20)25(27-29-23-12-5-6-13-24(23)30-27)17-19-8-7-11-22(16-19)35-21-9-3-2-4-10-21/h2-16,18,25H,17H2,1H3,(H,28,34)(H,29,30). The second kappa shape index (κ2) is 10.0. The SMILES string of the molecule is CNC(=O)C=Cc1cn(C(Cc2cccc(Oc3ccccc3)c2)c2nc3ccccc3[nH]2)nn1. The highest BCUT2D eigenvalue weighted by atomic mass is 16.5. The number of para-hydroxylation sites is 3. The fraction of sp³-hybridized carbons (Fsp3) is 0.111. The molecule has 1 atom stereocenters. The Morgan fingerprint density at radius 3 is 2.69 bits per heavy atom. The number of nitrogens with one attached hydrogen (secondary N) is 2. The van der Waals surface area contributed by atoms with Crippen molar-refractivity contribution in [3.63, 3.8) is 0 Å². The maximum absolute atomic E-state index is 11.6. The average Bonchev–Trinajstić information content (AvgIpc) is 3.54. The van der Waals surface area contributed by atoms with E-state index in [0.717, 1.165) is 33.9 Å². The molecule has 0 aliphatic heterocycles. The molecule has 35 heavy (non-hydrogen) atoms. The number of benzene rings is 3. The first-order valence-corrected chi connectivity index (χ1v) is 11.3. The van der Waals surface area contributed by atoms with Crippen LogP contribution < -0.4 is 10.1 Å². The number of hydrogen-bond acceptors (Lipinski definition) is 5. The Hall–Kier alpha value is -4.72. The lowest BCUT2D eigenvalue weighted by Crippen LogP contribution is -2.16. The summed E-state index contributed by atoms with van der Waals surface area (Å²) in [4.78, 5) is 19.8. The van der Waals surface area contributed by atoms with Gasteiger partial charge >= 0.3 is 0 Å². The molecule has 0 fully saturated rings. The van der Waals surface area contributed by atoms with E-state index in [2.05, 4.69) is 26.7 Å². The van der Waals surface area contributed by atoms with Crippen LogP contribution in [0.2, 0.25) is 0 Å². The van der Waals surface area contributed by atoms with E-state index in [0.29, 0.717) is 12.1 Å². The van der Waals surface area contributed by atoms with Gasteiger partial charge in [-0.2, -0.15) is 0 Å². The third kappa shape index (κ3) is 5.27. The minimum absolute atomic E-state index is 0.205. The number of H-pyrrole nitrogens is 1.